The lowest BCUT2D eigenvalue weighted by Crippen LogP contribution is -2.29. The maximum Gasteiger partial charge on any atom is 0.513 e. The minimum absolute atomic E-state index is 0.0115. The molecule has 0 heterocycles. The lowest BCUT2D eigenvalue weighted by molar-refractivity contribution is -0.385. The summed E-state index contributed by atoms with van der Waals surface area (Å²) in [6.07, 6.45) is -0.756. The van der Waals surface area contributed by atoms with Crippen LogP contribution in [0.3, 0.4) is 0 Å². The molecule has 0 aromatic heterocycles. The second-order valence-corrected chi connectivity index (χ2v) is 5.41. The fourth-order valence-corrected chi connectivity index (χ4v) is 1.46. The van der Waals surface area contributed by atoms with E-state index in [1.165, 1.54) is 12.1 Å². The van der Waals surface area contributed by atoms with E-state index in [1.807, 2.05) is 0 Å². The Hall–Kier alpha value is -3.17. The number of nitro benzene ring substituents is 1. The summed E-state index contributed by atoms with van der Waals surface area (Å²) in [6.45, 7) is 5.03. The number of amides is 1. The van der Waals surface area contributed by atoms with Crippen molar-refractivity contribution in [2.45, 2.75) is 26.4 Å². The molecule has 0 saturated carbocycles. The predicted octanol–water partition coefficient (Wildman–Crippen LogP) is 2.60. The van der Waals surface area contributed by atoms with Gasteiger partial charge in [-0.2, -0.15) is 5.10 Å². The maximum absolute atomic E-state index is 11.5. The van der Waals surface area contributed by atoms with Crippen molar-refractivity contribution in [2.24, 2.45) is 5.10 Å². The number of rotatable bonds is 4. The van der Waals surface area contributed by atoms with Crippen LogP contribution in [-0.2, 0) is 9.47 Å². The summed E-state index contributed by atoms with van der Waals surface area (Å²) < 4.78 is 14.1. The Bertz CT molecular complexity index is 665. The molecule has 0 aliphatic carbocycles. The Morgan fingerprint density at radius 3 is 2.54 bits per heavy atom. The first-order valence-corrected chi connectivity index (χ1v) is 6.68. The molecule has 1 aromatic rings. The fourth-order valence-electron chi connectivity index (χ4n) is 1.46. The van der Waals surface area contributed by atoms with Gasteiger partial charge < -0.3 is 14.2 Å². The normalized spacial score (nSPS) is 11.0. The molecule has 0 aliphatic rings. The second kappa shape index (κ2) is 7.90. The Balaban J connectivity index is 2.92. The predicted molar refractivity (Wildman–Crippen MR) is 83.1 cm³/mol. The number of benzene rings is 1. The van der Waals surface area contributed by atoms with Crippen LogP contribution < -0.4 is 10.2 Å². The number of methoxy groups -OCH3 is 1. The van der Waals surface area contributed by atoms with Crippen LogP contribution in [0.2, 0.25) is 0 Å². The molecule has 0 aliphatic heterocycles. The zero-order valence-corrected chi connectivity index (χ0v) is 13.6. The van der Waals surface area contributed by atoms with Gasteiger partial charge in [-0.15, -0.1) is 0 Å². The van der Waals surface area contributed by atoms with E-state index in [9.17, 15) is 19.7 Å². The first kappa shape index (κ1) is 18.9. The Kier molecular flexibility index (Phi) is 6.22. The highest BCUT2D eigenvalue weighted by molar-refractivity contribution is 5.87. The lowest BCUT2D eigenvalue weighted by atomic mass is 10.2. The third kappa shape index (κ3) is 6.30. The maximum atomic E-state index is 11.5. The number of hydrogen-bond donors (Lipinski definition) is 1. The highest BCUT2D eigenvalue weighted by Crippen LogP contribution is 2.23. The van der Waals surface area contributed by atoms with Crippen molar-refractivity contribution >= 4 is 24.2 Å². The quantitative estimate of drug-likeness (QED) is 0.293. The number of hydrogen-bond acceptors (Lipinski definition) is 8. The molecule has 0 spiro atoms. The Labute approximate surface area is 137 Å². The van der Waals surface area contributed by atoms with Gasteiger partial charge in [-0.05, 0) is 32.9 Å². The van der Waals surface area contributed by atoms with E-state index in [1.54, 1.807) is 20.8 Å². The van der Waals surface area contributed by atoms with Gasteiger partial charge >= 0.3 is 12.2 Å². The average molecular weight is 339 g/mol. The summed E-state index contributed by atoms with van der Waals surface area (Å²) in [5, 5.41) is 14.6. The molecule has 130 valence electrons. The van der Waals surface area contributed by atoms with E-state index < -0.39 is 22.8 Å². The van der Waals surface area contributed by atoms with Crippen LogP contribution in [-0.4, -0.2) is 36.1 Å². The molecule has 1 amide bonds. The number of carbonyl (C=O) groups is 2. The minimum Gasteiger partial charge on any atom is -0.443 e. The van der Waals surface area contributed by atoms with E-state index in [0.29, 0.717) is 0 Å². The van der Waals surface area contributed by atoms with Crippen LogP contribution in [0.5, 0.6) is 5.75 Å². The van der Waals surface area contributed by atoms with Gasteiger partial charge in [0.2, 0.25) is 0 Å². The molecular formula is C14H17N3O7. The Morgan fingerprint density at radius 2 is 2.00 bits per heavy atom. The lowest BCUT2D eigenvalue weighted by Gasteiger charge is -2.18. The topological polar surface area (TPSA) is 129 Å². The number of nitrogens with zero attached hydrogens (tertiary/aromatic N) is 2. The van der Waals surface area contributed by atoms with Gasteiger partial charge in [0, 0.05) is 6.07 Å². The highest BCUT2D eigenvalue weighted by Gasteiger charge is 2.17. The van der Waals surface area contributed by atoms with E-state index in [4.69, 9.17) is 9.47 Å². The highest BCUT2D eigenvalue weighted by atomic mass is 16.7. The van der Waals surface area contributed by atoms with Crippen molar-refractivity contribution in [2.75, 3.05) is 7.11 Å². The van der Waals surface area contributed by atoms with Crippen molar-refractivity contribution in [3.05, 3.63) is 33.9 Å². The van der Waals surface area contributed by atoms with Crippen LogP contribution in [0.1, 0.15) is 26.3 Å². The monoisotopic (exact) mass is 339 g/mol. The van der Waals surface area contributed by atoms with Gasteiger partial charge in [0.25, 0.3) is 5.69 Å². The van der Waals surface area contributed by atoms with Crippen molar-refractivity contribution in [1.29, 1.82) is 0 Å². The van der Waals surface area contributed by atoms with Crippen molar-refractivity contribution in [3.8, 4) is 5.75 Å². The summed E-state index contributed by atoms with van der Waals surface area (Å²) in [4.78, 5) is 32.9. The molecule has 24 heavy (non-hydrogen) atoms. The van der Waals surface area contributed by atoms with Gasteiger partial charge in [0.1, 0.15) is 11.4 Å². The minimum atomic E-state index is -0.973. The number of nitrogens with one attached hydrogen (secondary N) is 1. The van der Waals surface area contributed by atoms with Crippen LogP contribution in [0.15, 0.2) is 23.3 Å². The van der Waals surface area contributed by atoms with E-state index in [-0.39, 0.29) is 17.0 Å². The van der Waals surface area contributed by atoms with Crippen LogP contribution in [0, 0.1) is 10.1 Å². The third-order valence-corrected chi connectivity index (χ3v) is 2.32. The van der Waals surface area contributed by atoms with Gasteiger partial charge in [-0.1, -0.05) is 0 Å². The fraction of sp³-hybridized carbons (Fsp3) is 0.357. The van der Waals surface area contributed by atoms with Gasteiger partial charge in [-0.25, -0.2) is 15.0 Å². The summed E-state index contributed by atoms with van der Waals surface area (Å²) in [7, 11) is 1.13. The van der Waals surface area contributed by atoms with Crippen LogP contribution >= 0.6 is 0 Å². The molecule has 10 nitrogen and oxygen atoms in total. The van der Waals surface area contributed by atoms with Crippen molar-refractivity contribution in [3.63, 3.8) is 0 Å². The Morgan fingerprint density at radius 1 is 1.33 bits per heavy atom. The third-order valence-electron chi connectivity index (χ3n) is 2.32. The standard InChI is InChI=1S/C14H17N3O7/c1-14(2,3)24-12(18)16-15-8-9-7-10(23-13(19)22-4)5-6-11(9)17(20)21/h5-8H,1-4H3,(H,16,18). The molecule has 0 fully saturated rings. The molecule has 1 rings (SSSR count). The van der Waals surface area contributed by atoms with Gasteiger partial charge in [0.05, 0.1) is 23.8 Å². The molecule has 0 atom stereocenters. The number of nitro groups is 1. The summed E-state index contributed by atoms with van der Waals surface area (Å²) >= 11 is 0. The number of hydrazone groups is 1. The van der Waals surface area contributed by atoms with E-state index >= 15 is 0 Å². The molecular weight excluding hydrogens is 322 g/mol. The van der Waals surface area contributed by atoms with E-state index in [0.717, 1.165) is 19.4 Å². The summed E-state index contributed by atoms with van der Waals surface area (Å²) in [5.41, 5.74) is 1.09. The first-order valence-electron chi connectivity index (χ1n) is 6.68. The first-order chi connectivity index (χ1) is 11.1. The zero-order valence-electron chi connectivity index (χ0n) is 13.6. The summed E-state index contributed by atoms with van der Waals surface area (Å²) in [5.74, 6) is 0.0196. The van der Waals surface area contributed by atoms with Crippen molar-refractivity contribution < 1.29 is 28.7 Å². The molecule has 0 unspecified atom stereocenters. The van der Waals surface area contributed by atoms with Crippen LogP contribution in [0.25, 0.3) is 0 Å². The smallest absolute Gasteiger partial charge is 0.443 e. The number of ether oxygens (including phenoxy) is 3. The largest absolute Gasteiger partial charge is 0.513 e. The van der Waals surface area contributed by atoms with Gasteiger partial charge in [0.15, 0.2) is 0 Å². The van der Waals surface area contributed by atoms with Gasteiger partial charge in [-0.3, -0.25) is 10.1 Å². The molecule has 0 radical (unpaired) electrons. The summed E-state index contributed by atoms with van der Waals surface area (Å²) in [6, 6.07) is 3.57. The van der Waals surface area contributed by atoms with E-state index in [2.05, 4.69) is 15.3 Å². The molecule has 1 N–H and O–H groups in total. The second-order valence-electron chi connectivity index (χ2n) is 5.41. The zero-order chi connectivity index (χ0) is 18.3. The SMILES string of the molecule is COC(=O)Oc1ccc([N+](=O)[O-])c(C=NNC(=O)OC(C)(C)C)c1. The average Bonchev–Trinajstić information content (AvgIpc) is 2.45. The van der Waals surface area contributed by atoms with Crippen LogP contribution in [0.4, 0.5) is 15.3 Å². The number of carbonyl (C=O) groups excluding carboxylic acids is 2. The molecule has 10 heteroatoms. The molecule has 1 aromatic carbocycles. The molecule has 0 bridgehead atoms. The van der Waals surface area contributed by atoms with Crippen molar-refractivity contribution in [1.82, 2.24) is 5.43 Å². The molecule has 0 saturated heterocycles.